The van der Waals surface area contributed by atoms with E-state index in [4.69, 9.17) is 10.5 Å². The molecule has 5 nitrogen and oxygen atoms in total. The lowest BCUT2D eigenvalue weighted by Crippen LogP contribution is -2.28. The molecule has 0 aliphatic heterocycles. The van der Waals surface area contributed by atoms with Crippen molar-refractivity contribution in [3.8, 4) is 0 Å². The number of nitrogens with two attached hydrogens (primary N) is 1. The molecule has 1 aromatic heterocycles. The number of ether oxygens (including phenoxy) is 1. The van der Waals surface area contributed by atoms with E-state index in [0.717, 1.165) is 4.88 Å². The van der Waals surface area contributed by atoms with Crippen molar-refractivity contribution in [3.05, 3.63) is 15.8 Å². The molecule has 0 radical (unpaired) electrons. The Kier molecular flexibility index (Phi) is 5.15. The van der Waals surface area contributed by atoms with Crippen LogP contribution in [0.25, 0.3) is 0 Å². The number of rotatable bonds is 5. The minimum absolute atomic E-state index is 0.121. The molecule has 0 bridgehead atoms. The predicted octanol–water partition coefficient (Wildman–Crippen LogP) is 1.66. The second kappa shape index (κ2) is 6.39. The molecular formula is C12H18N2O3S. The van der Waals surface area contributed by atoms with Crippen molar-refractivity contribution in [2.75, 3.05) is 25.9 Å². The third kappa shape index (κ3) is 3.73. The smallest absolute Gasteiger partial charge is 0.307 e. The molecule has 0 aliphatic carbocycles. The largest absolute Gasteiger partial charge is 0.466 e. The van der Waals surface area contributed by atoms with E-state index in [-0.39, 0.29) is 18.3 Å². The zero-order valence-electron chi connectivity index (χ0n) is 10.9. The van der Waals surface area contributed by atoms with E-state index in [9.17, 15) is 9.59 Å². The number of carbonyl (C=O) groups excluding carboxylic acids is 2. The van der Waals surface area contributed by atoms with Crippen LogP contribution in [0.15, 0.2) is 6.07 Å². The van der Waals surface area contributed by atoms with E-state index in [1.165, 1.54) is 16.2 Å². The number of carbonyl (C=O) groups is 2. The molecule has 1 aromatic rings. The van der Waals surface area contributed by atoms with Crippen LogP contribution < -0.4 is 5.73 Å². The van der Waals surface area contributed by atoms with Crippen molar-refractivity contribution in [1.82, 2.24) is 4.90 Å². The van der Waals surface area contributed by atoms with Crippen LogP contribution in [0.3, 0.4) is 0 Å². The van der Waals surface area contributed by atoms with Crippen molar-refractivity contribution in [2.24, 2.45) is 0 Å². The Morgan fingerprint density at radius 1 is 1.50 bits per heavy atom. The second-order valence-electron chi connectivity index (χ2n) is 3.90. The lowest BCUT2D eigenvalue weighted by Gasteiger charge is -2.15. The molecule has 0 atom stereocenters. The number of hydrogen-bond acceptors (Lipinski definition) is 5. The zero-order chi connectivity index (χ0) is 13.7. The average Bonchev–Trinajstić information content (AvgIpc) is 2.66. The summed E-state index contributed by atoms with van der Waals surface area (Å²) in [5, 5.41) is 0. The minimum Gasteiger partial charge on any atom is -0.466 e. The normalized spacial score (nSPS) is 10.2. The lowest BCUT2D eigenvalue weighted by molar-refractivity contribution is -0.143. The highest BCUT2D eigenvalue weighted by atomic mass is 32.1. The highest BCUT2D eigenvalue weighted by molar-refractivity contribution is 7.14. The maximum atomic E-state index is 12.0. The molecule has 0 aliphatic rings. The zero-order valence-corrected chi connectivity index (χ0v) is 11.7. The van der Waals surface area contributed by atoms with Gasteiger partial charge < -0.3 is 15.4 Å². The van der Waals surface area contributed by atoms with Gasteiger partial charge in [0, 0.05) is 24.2 Å². The summed E-state index contributed by atoms with van der Waals surface area (Å²) in [6.07, 6.45) is 0.204. The number of thiophene rings is 1. The maximum absolute atomic E-state index is 12.0. The fourth-order valence-corrected chi connectivity index (χ4v) is 2.32. The molecule has 0 aromatic carbocycles. The Morgan fingerprint density at radius 3 is 2.67 bits per heavy atom. The van der Waals surface area contributed by atoms with E-state index >= 15 is 0 Å². The van der Waals surface area contributed by atoms with Crippen LogP contribution in [0.5, 0.6) is 0 Å². The summed E-state index contributed by atoms with van der Waals surface area (Å²) in [5.74, 6) is -0.414. The van der Waals surface area contributed by atoms with Gasteiger partial charge in [0.05, 0.1) is 17.9 Å². The summed E-state index contributed by atoms with van der Waals surface area (Å²) in [7, 11) is 1.66. The van der Waals surface area contributed by atoms with Crippen molar-refractivity contribution in [3.63, 3.8) is 0 Å². The first-order valence-corrected chi connectivity index (χ1v) is 6.54. The fourth-order valence-electron chi connectivity index (χ4n) is 1.38. The van der Waals surface area contributed by atoms with Gasteiger partial charge in [0.15, 0.2) is 0 Å². The summed E-state index contributed by atoms with van der Waals surface area (Å²) in [4.78, 5) is 26.2. The molecular weight excluding hydrogens is 252 g/mol. The second-order valence-corrected chi connectivity index (χ2v) is 5.16. The SMILES string of the molecule is CCOC(=O)CCN(C)C(=O)c1cc(N)c(C)s1. The Balaban J connectivity index is 2.54. The Morgan fingerprint density at radius 2 is 2.17 bits per heavy atom. The molecule has 0 saturated carbocycles. The van der Waals surface area contributed by atoms with Crippen LogP contribution in [-0.4, -0.2) is 37.0 Å². The first-order chi connectivity index (χ1) is 8.45. The topological polar surface area (TPSA) is 72.6 Å². The summed E-state index contributed by atoms with van der Waals surface area (Å²) in [5.41, 5.74) is 6.33. The van der Waals surface area contributed by atoms with Crippen LogP contribution in [-0.2, 0) is 9.53 Å². The van der Waals surface area contributed by atoms with Gasteiger partial charge in [0.25, 0.3) is 5.91 Å². The molecule has 1 amide bonds. The molecule has 18 heavy (non-hydrogen) atoms. The molecule has 0 unspecified atom stereocenters. The predicted molar refractivity (Wildman–Crippen MR) is 71.7 cm³/mol. The first-order valence-electron chi connectivity index (χ1n) is 5.72. The van der Waals surface area contributed by atoms with E-state index in [0.29, 0.717) is 23.7 Å². The van der Waals surface area contributed by atoms with E-state index in [1.807, 2.05) is 6.92 Å². The van der Waals surface area contributed by atoms with Gasteiger partial charge >= 0.3 is 5.97 Å². The van der Waals surface area contributed by atoms with Gasteiger partial charge in [-0.05, 0) is 19.9 Å². The van der Waals surface area contributed by atoms with Gasteiger partial charge in [-0.2, -0.15) is 0 Å². The maximum Gasteiger partial charge on any atom is 0.307 e. The third-order valence-corrected chi connectivity index (χ3v) is 3.52. The molecule has 6 heteroatoms. The van der Waals surface area contributed by atoms with Crippen LogP contribution in [0.1, 0.15) is 27.9 Å². The third-order valence-electron chi connectivity index (χ3n) is 2.47. The van der Waals surface area contributed by atoms with Gasteiger partial charge in [-0.15, -0.1) is 11.3 Å². The van der Waals surface area contributed by atoms with Crippen LogP contribution >= 0.6 is 11.3 Å². The molecule has 2 N–H and O–H groups in total. The van der Waals surface area contributed by atoms with Gasteiger partial charge in [0.1, 0.15) is 0 Å². The van der Waals surface area contributed by atoms with Crippen LogP contribution in [0.2, 0.25) is 0 Å². The summed E-state index contributed by atoms with van der Waals surface area (Å²) >= 11 is 1.36. The van der Waals surface area contributed by atoms with E-state index in [1.54, 1.807) is 20.0 Å². The highest BCUT2D eigenvalue weighted by Gasteiger charge is 2.16. The lowest BCUT2D eigenvalue weighted by atomic mass is 10.3. The Bertz CT molecular complexity index is 423. The summed E-state index contributed by atoms with van der Waals surface area (Å²) < 4.78 is 4.81. The minimum atomic E-state index is -0.293. The van der Waals surface area contributed by atoms with Gasteiger partial charge in [-0.25, -0.2) is 0 Å². The van der Waals surface area contributed by atoms with Crippen molar-refractivity contribution in [2.45, 2.75) is 20.3 Å². The average molecular weight is 270 g/mol. The van der Waals surface area contributed by atoms with Gasteiger partial charge in [0.2, 0.25) is 0 Å². The Labute approximate surface area is 111 Å². The number of nitrogens with zero attached hydrogens (tertiary/aromatic N) is 1. The number of aryl methyl sites for hydroxylation is 1. The molecule has 0 spiro atoms. The van der Waals surface area contributed by atoms with Gasteiger partial charge in [-0.1, -0.05) is 0 Å². The quantitative estimate of drug-likeness (QED) is 0.826. The number of anilines is 1. The highest BCUT2D eigenvalue weighted by Crippen LogP contribution is 2.24. The summed E-state index contributed by atoms with van der Waals surface area (Å²) in [6.45, 7) is 4.32. The van der Waals surface area contributed by atoms with Crippen LogP contribution in [0.4, 0.5) is 5.69 Å². The van der Waals surface area contributed by atoms with Crippen LogP contribution in [0, 0.1) is 6.92 Å². The number of esters is 1. The molecule has 1 heterocycles. The monoisotopic (exact) mass is 270 g/mol. The van der Waals surface area contributed by atoms with E-state index < -0.39 is 0 Å². The number of amides is 1. The number of hydrogen-bond donors (Lipinski definition) is 1. The van der Waals surface area contributed by atoms with Crippen molar-refractivity contribution in [1.29, 1.82) is 0 Å². The molecule has 0 saturated heterocycles. The molecule has 100 valence electrons. The summed E-state index contributed by atoms with van der Waals surface area (Å²) in [6, 6.07) is 1.67. The standard InChI is InChI=1S/C12H18N2O3S/c1-4-17-11(15)5-6-14(3)12(16)10-7-9(13)8(2)18-10/h7H,4-6,13H2,1-3H3. The number of nitrogen functional groups attached to an aromatic ring is 1. The first kappa shape index (κ1) is 14.5. The van der Waals surface area contributed by atoms with Gasteiger partial charge in [-0.3, -0.25) is 9.59 Å². The van der Waals surface area contributed by atoms with E-state index in [2.05, 4.69) is 0 Å². The molecule has 1 rings (SSSR count). The Hall–Kier alpha value is -1.56. The fraction of sp³-hybridized carbons (Fsp3) is 0.500. The van der Waals surface area contributed by atoms with Crippen molar-refractivity contribution < 1.29 is 14.3 Å². The van der Waals surface area contributed by atoms with Crippen molar-refractivity contribution >= 4 is 28.9 Å². The molecule has 0 fully saturated rings.